The average molecular weight is 271 g/mol. The predicted octanol–water partition coefficient (Wildman–Crippen LogP) is 1.24. The summed E-state index contributed by atoms with van der Waals surface area (Å²) in [6.07, 6.45) is -0.291. The van der Waals surface area contributed by atoms with Crippen molar-refractivity contribution in [2.24, 2.45) is 0 Å². The van der Waals surface area contributed by atoms with Crippen molar-refractivity contribution in [1.29, 1.82) is 0 Å². The number of benzene rings is 1. The van der Waals surface area contributed by atoms with E-state index >= 15 is 0 Å². The fourth-order valence-corrected chi connectivity index (χ4v) is 1.72. The van der Waals surface area contributed by atoms with Gasteiger partial charge in [-0.1, -0.05) is 12.1 Å². The van der Waals surface area contributed by atoms with Crippen LogP contribution in [0.2, 0.25) is 0 Å². The van der Waals surface area contributed by atoms with Gasteiger partial charge in [0.15, 0.2) is 0 Å². The lowest BCUT2D eigenvalue weighted by atomic mass is 10.0. The van der Waals surface area contributed by atoms with Gasteiger partial charge in [-0.15, -0.1) is 0 Å². The highest BCUT2D eigenvalue weighted by Gasteiger charge is 2.20. The van der Waals surface area contributed by atoms with Crippen molar-refractivity contribution in [2.75, 3.05) is 26.8 Å². The average Bonchev–Trinajstić information content (AvgIpc) is 2.36. The Morgan fingerprint density at radius 3 is 2.84 bits per heavy atom. The van der Waals surface area contributed by atoms with Crippen molar-refractivity contribution in [1.82, 2.24) is 5.32 Å². The van der Waals surface area contributed by atoms with Crippen molar-refractivity contribution in [3.8, 4) is 0 Å². The van der Waals surface area contributed by atoms with E-state index in [0.717, 1.165) is 0 Å². The molecule has 19 heavy (non-hydrogen) atoms. The highest BCUT2D eigenvalue weighted by molar-refractivity contribution is 5.18. The monoisotopic (exact) mass is 271 g/mol. The number of hydrogen-bond donors (Lipinski definition) is 3. The Morgan fingerprint density at radius 1 is 1.47 bits per heavy atom. The third kappa shape index (κ3) is 6.11. The maximum absolute atomic E-state index is 13.0. The van der Waals surface area contributed by atoms with Crippen LogP contribution in [0.25, 0.3) is 0 Å². The van der Waals surface area contributed by atoms with Crippen LogP contribution >= 0.6 is 0 Å². The Morgan fingerprint density at radius 2 is 2.21 bits per heavy atom. The molecule has 5 heteroatoms. The molecule has 0 radical (unpaired) electrons. The number of nitrogens with one attached hydrogen (secondary N) is 1. The van der Waals surface area contributed by atoms with Crippen LogP contribution in [-0.4, -0.2) is 42.6 Å². The molecule has 0 saturated carbocycles. The van der Waals surface area contributed by atoms with Gasteiger partial charge in [0.1, 0.15) is 5.82 Å². The second-order valence-electron chi connectivity index (χ2n) is 4.94. The van der Waals surface area contributed by atoms with E-state index in [4.69, 9.17) is 4.74 Å². The summed E-state index contributed by atoms with van der Waals surface area (Å²) < 4.78 is 17.9. The minimum atomic E-state index is -0.891. The predicted molar refractivity (Wildman–Crippen MR) is 71.3 cm³/mol. The fourth-order valence-electron chi connectivity index (χ4n) is 1.72. The topological polar surface area (TPSA) is 61.7 Å². The van der Waals surface area contributed by atoms with Crippen LogP contribution in [0.4, 0.5) is 4.39 Å². The van der Waals surface area contributed by atoms with Gasteiger partial charge in [0.2, 0.25) is 0 Å². The summed E-state index contributed by atoms with van der Waals surface area (Å²) in [6, 6.07) is 5.86. The van der Waals surface area contributed by atoms with Crippen LogP contribution in [0.1, 0.15) is 25.0 Å². The van der Waals surface area contributed by atoms with Crippen molar-refractivity contribution in [3.63, 3.8) is 0 Å². The minimum absolute atomic E-state index is 0.257. The first kappa shape index (κ1) is 16.0. The summed E-state index contributed by atoms with van der Waals surface area (Å²) >= 11 is 0. The van der Waals surface area contributed by atoms with Crippen LogP contribution < -0.4 is 5.32 Å². The van der Waals surface area contributed by atoms with E-state index in [-0.39, 0.29) is 12.4 Å². The van der Waals surface area contributed by atoms with Gasteiger partial charge in [-0.25, -0.2) is 4.39 Å². The fraction of sp³-hybridized carbons (Fsp3) is 0.571. The van der Waals surface area contributed by atoms with Crippen molar-refractivity contribution < 1.29 is 19.3 Å². The van der Waals surface area contributed by atoms with Crippen molar-refractivity contribution in [2.45, 2.75) is 25.0 Å². The first-order chi connectivity index (χ1) is 8.94. The number of aliphatic hydroxyl groups is 2. The molecule has 3 N–H and O–H groups in total. The van der Waals surface area contributed by atoms with Gasteiger partial charge in [-0.05, 0) is 24.6 Å². The van der Waals surface area contributed by atoms with Crippen molar-refractivity contribution >= 4 is 0 Å². The van der Waals surface area contributed by atoms with Crippen LogP contribution in [0.5, 0.6) is 0 Å². The zero-order valence-electron chi connectivity index (χ0n) is 11.4. The normalized spacial score (nSPS) is 16.1. The Bertz CT molecular complexity index is 385. The summed E-state index contributed by atoms with van der Waals surface area (Å²) in [7, 11) is 1.58. The van der Waals surface area contributed by atoms with Crippen LogP contribution in [0.15, 0.2) is 24.3 Å². The Hall–Kier alpha value is -1.01. The van der Waals surface area contributed by atoms with E-state index < -0.39 is 11.7 Å². The minimum Gasteiger partial charge on any atom is -0.389 e. The number of halogens is 1. The molecule has 0 aliphatic heterocycles. The lowest BCUT2D eigenvalue weighted by Gasteiger charge is -2.24. The molecule has 1 aromatic carbocycles. The molecule has 2 atom stereocenters. The Balaban J connectivity index is 2.36. The molecule has 0 aromatic heterocycles. The second-order valence-corrected chi connectivity index (χ2v) is 4.94. The molecule has 0 heterocycles. The molecule has 2 unspecified atom stereocenters. The number of methoxy groups -OCH3 is 1. The van der Waals surface area contributed by atoms with Crippen LogP contribution in [-0.2, 0) is 4.74 Å². The van der Waals surface area contributed by atoms with Gasteiger partial charge in [-0.3, -0.25) is 0 Å². The van der Waals surface area contributed by atoms with Gasteiger partial charge in [0.05, 0.1) is 11.7 Å². The summed E-state index contributed by atoms with van der Waals surface area (Å²) in [5, 5.41) is 22.8. The molecule has 108 valence electrons. The number of hydrogen-bond acceptors (Lipinski definition) is 4. The molecular formula is C14H22FNO3. The standard InChI is InChI=1S/C14H22FNO3/c1-14(18,6-7-19-2)10-16-9-13(17)11-4-3-5-12(15)8-11/h3-5,8,13,16-18H,6-7,9-10H2,1-2H3. The lowest BCUT2D eigenvalue weighted by molar-refractivity contribution is 0.0224. The highest BCUT2D eigenvalue weighted by atomic mass is 19.1. The highest BCUT2D eigenvalue weighted by Crippen LogP contribution is 2.14. The summed E-state index contributed by atoms with van der Waals surface area (Å²) in [4.78, 5) is 0. The molecule has 0 amide bonds. The summed E-state index contributed by atoms with van der Waals surface area (Å²) in [6.45, 7) is 2.77. The van der Waals surface area contributed by atoms with E-state index in [0.29, 0.717) is 25.1 Å². The third-order valence-corrected chi connectivity index (χ3v) is 2.92. The van der Waals surface area contributed by atoms with E-state index in [2.05, 4.69) is 5.32 Å². The molecule has 4 nitrogen and oxygen atoms in total. The van der Waals surface area contributed by atoms with E-state index in [1.54, 1.807) is 26.2 Å². The van der Waals surface area contributed by atoms with Gasteiger partial charge in [0.25, 0.3) is 0 Å². The molecule has 0 aliphatic carbocycles. The van der Waals surface area contributed by atoms with Gasteiger partial charge < -0.3 is 20.3 Å². The number of aliphatic hydroxyl groups excluding tert-OH is 1. The molecule has 0 fully saturated rings. The van der Waals surface area contributed by atoms with E-state index in [1.807, 2.05) is 0 Å². The lowest BCUT2D eigenvalue weighted by Crippen LogP contribution is -2.40. The van der Waals surface area contributed by atoms with Crippen LogP contribution in [0.3, 0.4) is 0 Å². The summed E-state index contributed by atoms with van der Waals surface area (Å²) in [5.41, 5.74) is -0.374. The first-order valence-corrected chi connectivity index (χ1v) is 6.30. The van der Waals surface area contributed by atoms with Gasteiger partial charge >= 0.3 is 0 Å². The zero-order chi connectivity index (χ0) is 14.3. The molecule has 0 spiro atoms. The first-order valence-electron chi connectivity index (χ1n) is 6.30. The quantitative estimate of drug-likeness (QED) is 0.665. The maximum atomic E-state index is 13.0. The van der Waals surface area contributed by atoms with Crippen molar-refractivity contribution in [3.05, 3.63) is 35.6 Å². The summed E-state index contributed by atoms with van der Waals surface area (Å²) in [5.74, 6) is -0.372. The van der Waals surface area contributed by atoms with Crippen LogP contribution in [0, 0.1) is 5.82 Å². The third-order valence-electron chi connectivity index (χ3n) is 2.92. The maximum Gasteiger partial charge on any atom is 0.123 e. The molecule has 0 saturated heterocycles. The second kappa shape index (κ2) is 7.55. The Kier molecular flexibility index (Phi) is 6.37. The van der Waals surface area contributed by atoms with E-state index in [1.165, 1.54) is 12.1 Å². The van der Waals surface area contributed by atoms with E-state index in [9.17, 15) is 14.6 Å². The number of rotatable bonds is 8. The zero-order valence-corrected chi connectivity index (χ0v) is 11.4. The van der Waals surface area contributed by atoms with Gasteiger partial charge in [0, 0.05) is 33.2 Å². The SMILES string of the molecule is COCCC(C)(O)CNCC(O)c1cccc(F)c1. The smallest absolute Gasteiger partial charge is 0.123 e. The van der Waals surface area contributed by atoms with Gasteiger partial charge in [-0.2, -0.15) is 0 Å². The largest absolute Gasteiger partial charge is 0.389 e. The Labute approximate surface area is 113 Å². The molecule has 0 bridgehead atoms. The molecule has 0 aliphatic rings. The molecule has 1 rings (SSSR count). The molecular weight excluding hydrogens is 249 g/mol. The number of ether oxygens (including phenoxy) is 1. The molecule has 1 aromatic rings.